The van der Waals surface area contributed by atoms with Gasteiger partial charge >= 0.3 is 5.97 Å². The summed E-state index contributed by atoms with van der Waals surface area (Å²) in [6.07, 6.45) is 5.95. The number of para-hydroxylation sites is 1. The van der Waals surface area contributed by atoms with Crippen LogP contribution in [0.5, 0.6) is 5.75 Å². The number of ether oxygens (including phenoxy) is 2. The molecule has 0 heterocycles. The van der Waals surface area contributed by atoms with Crippen molar-refractivity contribution in [2.45, 2.75) is 57.5 Å². The first-order valence-electron chi connectivity index (χ1n) is 11.5. The van der Waals surface area contributed by atoms with Crippen molar-refractivity contribution in [3.63, 3.8) is 0 Å². The molecule has 0 N–H and O–H groups in total. The van der Waals surface area contributed by atoms with E-state index in [1.54, 1.807) is 19.2 Å². The Kier molecular flexibility index (Phi) is 5.19. The second-order valence-electron chi connectivity index (χ2n) is 9.77. The Bertz CT molecular complexity index is 1070. The zero-order chi connectivity index (χ0) is 22.5. The van der Waals surface area contributed by atoms with E-state index in [-0.39, 0.29) is 22.8 Å². The number of hydrogen-bond donors (Lipinski definition) is 0. The number of esters is 1. The van der Waals surface area contributed by atoms with Gasteiger partial charge in [-0.1, -0.05) is 25.1 Å². The minimum absolute atomic E-state index is 0.0405. The predicted molar refractivity (Wildman–Crippen MR) is 120 cm³/mol. The number of aryl methyl sites for hydroxylation is 1. The first kappa shape index (κ1) is 21.0. The first-order valence-corrected chi connectivity index (χ1v) is 11.5. The van der Waals surface area contributed by atoms with Gasteiger partial charge in [-0.05, 0) is 85.6 Å². The third-order valence-corrected chi connectivity index (χ3v) is 8.42. The Morgan fingerprint density at radius 1 is 1.12 bits per heavy atom. The Morgan fingerprint density at radius 3 is 2.72 bits per heavy atom. The van der Waals surface area contributed by atoms with Gasteiger partial charge in [0.05, 0.1) is 12.0 Å². The quantitative estimate of drug-likeness (QED) is 0.350. The molecule has 2 fully saturated rings. The maximum absolute atomic E-state index is 12.9. The van der Waals surface area contributed by atoms with Crippen molar-refractivity contribution in [2.24, 2.45) is 17.3 Å². The summed E-state index contributed by atoms with van der Waals surface area (Å²) in [6.45, 7) is 2.27. The third kappa shape index (κ3) is 3.28. The van der Waals surface area contributed by atoms with Gasteiger partial charge in [0.2, 0.25) is 0 Å². The zero-order valence-electron chi connectivity index (χ0n) is 18.6. The zero-order valence-corrected chi connectivity index (χ0v) is 18.6. The van der Waals surface area contributed by atoms with Crippen LogP contribution in [0.2, 0.25) is 0 Å². The number of methoxy groups -OCH3 is 1. The molecule has 0 saturated heterocycles. The van der Waals surface area contributed by atoms with Crippen molar-refractivity contribution in [3.8, 4) is 5.75 Å². The molecular weight excluding hydrogens is 406 g/mol. The molecule has 2 aromatic carbocycles. The summed E-state index contributed by atoms with van der Waals surface area (Å²) in [5, 5.41) is 11.3. The minimum atomic E-state index is -0.576. The molecule has 0 aromatic heterocycles. The van der Waals surface area contributed by atoms with Gasteiger partial charge in [-0.25, -0.2) is 4.79 Å². The van der Waals surface area contributed by atoms with Crippen LogP contribution in [0.15, 0.2) is 42.5 Å². The van der Waals surface area contributed by atoms with Gasteiger partial charge in [-0.2, -0.15) is 0 Å². The lowest BCUT2D eigenvalue weighted by Gasteiger charge is -2.50. The monoisotopic (exact) mass is 435 g/mol. The average molecular weight is 436 g/mol. The van der Waals surface area contributed by atoms with Gasteiger partial charge in [-0.15, -0.1) is 0 Å². The molecule has 6 nitrogen and oxygen atoms in total. The van der Waals surface area contributed by atoms with Crippen LogP contribution in [0, 0.1) is 27.4 Å². The Hall–Kier alpha value is -2.89. The summed E-state index contributed by atoms with van der Waals surface area (Å²) in [4.78, 5) is 23.7. The largest absolute Gasteiger partial charge is 0.497 e. The fraction of sp³-hybridized carbons (Fsp3) is 0.500. The molecule has 0 aliphatic heterocycles. The van der Waals surface area contributed by atoms with Crippen LogP contribution < -0.4 is 4.74 Å². The highest BCUT2D eigenvalue weighted by Gasteiger charge is 2.56. The van der Waals surface area contributed by atoms with Crippen LogP contribution in [-0.4, -0.2) is 24.1 Å². The molecule has 0 spiro atoms. The first-order chi connectivity index (χ1) is 15.4. The van der Waals surface area contributed by atoms with Crippen molar-refractivity contribution in [3.05, 3.63) is 69.3 Å². The molecule has 5 atom stereocenters. The fourth-order valence-corrected chi connectivity index (χ4v) is 6.83. The molecule has 168 valence electrons. The van der Waals surface area contributed by atoms with Crippen LogP contribution in [-0.2, 0) is 11.2 Å². The molecule has 6 heteroatoms. The summed E-state index contributed by atoms with van der Waals surface area (Å²) in [5.74, 6) is 1.98. The Morgan fingerprint density at radius 2 is 1.94 bits per heavy atom. The molecule has 32 heavy (non-hydrogen) atoms. The minimum Gasteiger partial charge on any atom is -0.497 e. The van der Waals surface area contributed by atoms with E-state index in [0.29, 0.717) is 17.8 Å². The molecule has 0 radical (unpaired) electrons. The number of nitro groups is 1. The number of rotatable bonds is 4. The SMILES string of the molecule is COc1ccc2c(c1)CC[C@@H]1[C@@H]2CC[C@]2(C)[C@@H](OC(=O)c3ccccc3[N+](=O)[O-])CC[C@@H]12. The highest BCUT2D eigenvalue weighted by atomic mass is 16.6. The van der Waals surface area contributed by atoms with Crippen LogP contribution in [0.25, 0.3) is 0 Å². The van der Waals surface area contributed by atoms with Crippen molar-refractivity contribution in [2.75, 3.05) is 7.11 Å². The van der Waals surface area contributed by atoms with E-state index in [4.69, 9.17) is 9.47 Å². The Balaban J connectivity index is 1.36. The number of nitrogens with zero attached hydrogens (tertiary/aromatic N) is 1. The van der Waals surface area contributed by atoms with Crippen LogP contribution in [0.1, 0.15) is 66.4 Å². The van der Waals surface area contributed by atoms with Crippen molar-refractivity contribution in [1.29, 1.82) is 0 Å². The lowest BCUT2D eigenvalue weighted by Crippen LogP contribution is -2.45. The second kappa shape index (κ2) is 7.91. The van der Waals surface area contributed by atoms with E-state index in [1.807, 2.05) is 0 Å². The van der Waals surface area contributed by atoms with E-state index in [1.165, 1.54) is 23.3 Å². The van der Waals surface area contributed by atoms with Crippen molar-refractivity contribution in [1.82, 2.24) is 0 Å². The lowest BCUT2D eigenvalue weighted by atomic mass is 9.55. The number of carbonyl (C=O) groups excluding carboxylic acids is 1. The van der Waals surface area contributed by atoms with E-state index in [9.17, 15) is 14.9 Å². The highest BCUT2D eigenvalue weighted by Crippen LogP contribution is 2.61. The van der Waals surface area contributed by atoms with Gasteiger partial charge in [-0.3, -0.25) is 10.1 Å². The summed E-state index contributed by atoms with van der Waals surface area (Å²) in [5.41, 5.74) is 2.64. The predicted octanol–water partition coefficient (Wildman–Crippen LogP) is 5.69. The third-order valence-electron chi connectivity index (χ3n) is 8.42. The van der Waals surface area contributed by atoms with Gasteiger partial charge in [0.15, 0.2) is 0 Å². The molecule has 5 rings (SSSR count). The number of hydrogen-bond acceptors (Lipinski definition) is 5. The molecule has 3 aliphatic rings. The van der Waals surface area contributed by atoms with Crippen molar-refractivity contribution < 1.29 is 19.2 Å². The van der Waals surface area contributed by atoms with Gasteiger partial charge in [0, 0.05) is 11.5 Å². The van der Waals surface area contributed by atoms with E-state index in [0.717, 1.165) is 44.3 Å². The molecule has 0 amide bonds. The lowest BCUT2D eigenvalue weighted by molar-refractivity contribution is -0.385. The number of fused-ring (bicyclic) bond motifs is 5. The normalized spacial score (nSPS) is 30.6. The molecular formula is C26H29NO5. The smallest absolute Gasteiger partial charge is 0.345 e. The fourth-order valence-electron chi connectivity index (χ4n) is 6.83. The summed E-state index contributed by atoms with van der Waals surface area (Å²) in [7, 11) is 1.71. The van der Waals surface area contributed by atoms with E-state index < -0.39 is 10.9 Å². The molecule has 3 aliphatic carbocycles. The number of nitro benzene ring substituents is 1. The van der Waals surface area contributed by atoms with Gasteiger partial charge in [0.1, 0.15) is 17.4 Å². The second-order valence-corrected chi connectivity index (χ2v) is 9.77. The number of benzene rings is 2. The van der Waals surface area contributed by atoms with E-state index >= 15 is 0 Å². The topological polar surface area (TPSA) is 78.7 Å². The van der Waals surface area contributed by atoms with Crippen molar-refractivity contribution >= 4 is 11.7 Å². The van der Waals surface area contributed by atoms with Crippen LogP contribution in [0.4, 0.5) is 5.69 Å². The van der Waals surface area contributed by atoms with Gasteiger partial charge < -0.3 is 9.47 Å². The Labute approximate surface area is 188 Å². The van der Waals surface area contributed by atoms with Crippen LogP contribution >= 0.6 is 0 Å². The molecule has 0 bridgehead atoms. The van der Waals surface area contributed by atoms with Gasteiger partial charge in [0.25, 0.3) is 5.69 Å². The average Bonchev–Trinajstić information content (AvgIpc) is 3.14. The number of carbonyl (C=O) groups is 1. The van der Waals surface area contributed by atoms with E-state index in [2.05, 4.69) is 25.1 Å². The standard InChI is InChI=1S/C26H29NO5/c1-26-14-13-19-18-10-8-17(31-2)15-16(18)7-9-20(19)22(26)11-12-24(26)32-25(28)21-5-3-4-6-23(21)27(29)30/h3-6,8,10,15,19-20,22,24H,7,9,11-14H2,1-2H3/t19-,20-,22+,24+,26+/m1/s1. The maximum Gasteiger partial charge on any atom is 0.345 e. The highest BCUT2D eigenvalue weighted by molar-refractivity contribution is 5.94. The molecule has 2 aromatic rings. The maximum atomic E-state index is 12.9. The summed E-state index contributed by atoms with van der Waals surface area (Å²) < 4.78 is 11.4. The summed E-state index contributed by atoms with van der Waals surface area (Å²) >= 11 is 0. The molecule has 2 saturated carbocycles. The summed E-state index contributed by atoms with van der Waals surface area (Å²) in [6, 6.07) is 12.6. The molecule has 0 unspecified atom stereocenters. The van der Waals surface area contributed by atoms with Crippen LogP contribution in [0.3, 0.4) is 0 Å².